The summed E-state index contributed by atoms with van der Waals surface area (Å²) in [6.07, 6.45) is 1.65. The second kappa shape index (κ2) is 5.98. The van der Waals surface area contributed by atoms with Crippen molar-refractivity contribution in [2.24, 2.45) is 0 Å². The average Bonchev–Trinajstić information content (AvgIpc) is 2.26. The third-order valence-electron chi connectivity index (χ3n) is 2.55. The molecule has 2 N–H and O–H groups in total. The molecule has 1 rings (SSSR count). The fraction of sp³-hybridized carbons (Fsp3) is 0.900. The first-order valence-electron chi connectivity index (χ1n) is 5.40. The fourth-order valence-corrected chi connectivity index (χ4v) is 1.52. The van der Waals surface area contributed by atoms with E-state index in [0.717, 1.165) is 19.4 Å². The van der Waals surface area contributed by atoms with Crippen molar-refractivity contribution < 1.29 is 9.53 Å². The van der Waals surface area contributed by atoms with E-state index in [-0.39, 0.29) is 18.1 Å². The lowest BCUT2D eigenvalue weighted by molar-refractivity contribution is -0.135. The van der Waals surface area contributed by atoms with Crippen LogP contribution in [0, 0.1) is 0 Å². The molecule has 1 fully saturated rings. The minimum Gasteiger partial charge on any atom is -0.366 e. The van der Waals surface area contributed by atoms with Gasteiger partial charge >= 0.3 is 0 Å². The average molecular weight is 200 g/mol. The minimum atomic E-state index is -0.302. The number of hydrogen-bond donors (Lipinski definition) is 2. The Labute approximate surface area is 85.4 Å². The molecule has 0 spiro atoms. The maximum Gasteiger partial charge on any atom is 0.250 e. The fourth-order valence-electron chi connectivity index (χ4n) is 1.52. The first kappa shape index (κ1) is 11.5. The van der Waals surface area contributed by atoms with E-state index in [4.69, 9.17) is 4.74 Å². The van der Waals surface area contributed by atoms with E-state index >= 15 is 0 Å². The van der Waals surface area contributed by atoms with Gasteiger partial charge in [0.05, 0.1) is 6.61 Å². The van der Waals surface area contributed by atoms with Crippen LogP contribution in [0.4, 0.5) is 0 Å². The number of hydrogen-bond acceptors (Lipinski definition) is 3. The summed E-state index contributed by atoms with van der Waals surface area (Å²) in [4.78, 5) is 11.7. The summed E-state index contributed by atoms with van der Waals surface area (Å²) in [7, 11) is 0. The Morgan fingerprint density at radius 1 is 1.57 bits per heavy atom. The van der Waals surface area contributed by atoms with E-state index in [1.54, 1.807) is 0 Å². The Bertz CT molecular complexity index is 175. The van der Waals surface area contributed by atoms with Crippen molar-refractivity contribution in [1.29, 1.82) is 0 Å². The molecule has 4 nitrogen and oxygen atoms in total. The van der Waals surface area contributed by atoms with Crippen molar-refractivity contribution >= 4 is 5.91 Å². The van der Waals surface area contributed by atoms with Gasteiger partial charge in [-0.2, -0.15) is 0 Å². The number of carbonyl (C=O) groups excluding carboxylic acids is 1. The van der Waals surface area contributed by atoms with E-state index in [1.165, 1.54) is 0 Å². The monoisotopic (exact) mass is 200 g/mol. The third-order valence-corrected chi connectivity index (χ3v) is 2.55. The van der Waals surface area contributed by atoms with Gasteiger partial charge in [0.25, 0.3) is 5.91 Å². The number of carbonyl (C=O) groups is 1. The SMILES string of the molecule is CCC(CC)NC(=O)C1CNCCO1. The van der Waals surface area contributed by atoms with Crippen LogP contribution in [0.1, 0.15) is 26.7 Å². The van der Waals surface area contributed by atoms with Crippen LogP contribution in [0.25, 0.3) is 0 Å². The predicted molar refractivity (Wildman–Crippen MR) is 55.1 cm³/mol. The topological polar surface area (TPSA) is 50.4 Å². The molecule has 82 valence electrons. The van der Waals surface area contributed by atoms with E-state index in [0.29, 0.717) is 13.2 Å². The van der Waals surface area contributed by atoms with E-state index in [9.17, 15) is 4.79 Å². The molecule has 1 unspecified atom stereocenters. The van der Waals surface area contributed by atoms with Gasteiger partial charge in [0.15, 0.2) is 0 Å². The summed E-state index contributed by atoms with van der Waals surface area (Å²) >= 11 is 0. The van der Waals surface area contributed by atoms with Gasteiger partial charge in [-0.3, -0.25) is 4.79 Å². The molecular weight excluding hydrogens is 180 g/mol. The van der Waals surface area contributed by atoms with E-state index in [1.807, 2.05) is 0 Å². The van der Waals surface area contributed by atoms with Crippen LogP contribution in [0.2, 0.25) is 0 Å². The van der Waals surface area contributed by atoms with Crippen molar-refractivity contribution in [3.8, 4) is 0 Å². The lowest BCUT2D eigenvalue weighted by Crippen LogP contribution is -2.50. The molecule has 1 amide bonds. The van der Waals surface area contributed by atoms with Gasteiger partial charge in [0.2, 0.25) is 0 Å². The highest BCUT2D eigenvalue weighted by molar-refractivity contribution is 5.81. The lowest BCUT2D eigenvalue weighted by Gasteiger charge is -2.25. The summed E-state index contributed by atoms with van der Waals surface area (Å²) in [5, 5.41) is 6.12. The summed E-state index contributed by atoms with van der Waals surface area (Å²) in [6, 6.07) is 0.285. The van der Waals surface area contributed by atoms with Crippen molar-refractivity contribution in [2.75, 3.05) is 19.7 Å². The van der Waals surface area contributed by atoms with E-state index < -0.39 is 0 Å². The molecule has 1 saturated heterocycles. The third kappa shape index (κ3) is 3.27. The molecule has 0 aromatic carbocycles. The second-order valence-corrected chi connectivity index (χ2v) is 3.59. The van der Waals surface area contributed by atoms with Gasteiger partial charge in [-0.1, -0.05) is 13.8 Å². The van der Waals surface area contributed by atoms with E-state index in [2.05, 4.69) is 24.5 Å². The van der Waals surface area contributed by atoms with Crippen LogP contribution in [-0.2, 0) is 9.53 Å². The van der Waals surface area contributed by atoms with Crippen LogP contribution in [0.5, 0.6) is 0 Å². The summed E-state index contributed by atoms with van der Waals surface area (Å²) in [6.45, 7) is 6.25. The Morgan fingerprint density at radius 3 is 2.79 bits per heavy atom. The molecule has 1 atom stereocenters. The molecule has 4 heteroatoms. The molecule has 14 heavy (non-hydrogen) atoms. The number of amides is 1. The smallest absolute Gasteiger partial charge is 0.250 e. The normalized spacial score (nSPS) is 22.4. The Kier molecular flexibility index (Phi) is 4.90. The van der Waals surface area contributed by atoms with Gasteiger partial charge in [-0.15, -0.1) is 0 Å². The zero-order valence-corrected chi connectivity index (χ0v) is 9.01. The van der Waals surface area contributed by atoms with Crippen molar-refractivity contribution in [3.63, 3.8) is 0 Å². The summed E-state index contributed by atoms with van der Waals surface area (Å²) < 4.78 is 5.36. The second-order valence-electron chi connectivity index (χ2n) is 3.59. The van der Waals surface area contributed by atoms with Gasteiger partial charge in [-0.05, 0) is 12.8 Å². The molecule has 0 bridgehead atoms. The number of rotatable bonds is 4. The largest absolute Gasteiger partial charge is 0.366 e. The molecular formula is C10H20N2O2. The molecule has 1 aliphatic heterocycles. The molecule has 0 saturated carbocycles. The Hall–Kier alpha value is -0.610. The highest BCUT2D eigenvalue weighted by atomic mass is 16.5. The quantitative estimate of drug-likeness (QED) is 0.685. The lowest BCUT2D eigenvalue weighted by atomic mass is 10.1. The van der Waals surface area contributed by atoms with Gasteiger partial charge in [0, 0.05) is 19.1 Å². The van der Waals surface area contributed by atoms with Crippen LogP contribution in [0.15, 0.2) is 0 Å². The van der Waals surface area contributed by atoms with Crippen LogP contribution in [0.3, 0.4) is 0 Å². The highest BCUT2D eigenvalue weighted by Crippen LogP contribution is 2.00. The number of morpholine rings is 1. The molecule has 0 radical (unpaired) electrons. The number of nitrogens with one attached hydrogen (secondary N) is 2. The summed E-state index contributed by atoms with van der Waals surface area (Å²) in [5.74, 6) is 0.0194. The van der Waals surface area contributed by atoms with Crippen molar-refractivity contribution in [3.05, 3.63) is 0 Å². The Morgan fingerprint density at radius 2 is 2.29 bits per heavy atom. The van der Waals surface area contributed by atoms with Crippen LogP contribution >= 0.6 is 0 Å². The first-order valence-corrected chi connectivity index (χ1v) is 5.40. The molecule has 0 aliphatic carbocycles. The Balaban J connectivity index is 2.32. The maximum atomic E-state index is 11.7. The highest BCUT2D eigenvalue weighted by Gasteiger charge is 2.22. The standard InChI is InChI=1S/C10H20N2O2/c1-3-8(4-2)12-10(13)9-7-11-5-6-14-9/h8-9,11H,3-7H2,1-2H3,(H,12,13). The molecule has 0 aromatic heterocycles. The van der Waals surface area contributed by atoms with Gasteiger partial charge in [-0.25, -0.2) is 0 Å². The maximum absolute atomic E-state index is 11.7. The van der Waals surface area contributed by atoms with Crippen LogP contribution in [-0.4, -0.2) is 37.7 Å². The zero-order valence-electron chi connectivity index (χ0n) is 9.01. The molecule has 0 aromatic rings. The first-order chi connectivity index (χ1) is 6.77. The molecule has 1 aliphatic rings. The predicted octanol–water partition coefficient (Wildman–Crippen LogP) is 0.280. The zero-order chi connectivity index (χ0) is 10.4. The number of ether oxygens (including phenoxy) is 1. The van der Waals surface area contributed by atoms with Gasteiger partial charge in [0.1, 0.15) is 6.10 Å². The molecule has 1 heterocycles. The van der Waals surface area contributed by atoms with Crippen molar-refractivity contribution in [1.82, 2.24) is 10.6 Å². The van der Waals surface area contributed by atoms with Crippen LogP contribution < -0.4 is 10.6 Å². The van der Waals surface area contributed by atoms with Crippen molar-refractivity contribution in [2.45, 2.75) is 38.8 Å². The summed E-state index contributed by atoms with van der Waals surface area (Å²) in [5.41, 5.74) is 0. The van der Waals surface area contributed by atoms with Gasteiger partial charge < -0.3 is 15.4 Å². The minimum absolute atomic E-state index is 0.0194.